The van der Waals surface area contributed by atoms with E-state index < -0.39 is 97.5 Å². The highest BCUT2D eigenvalue weighted by molar-refractivity contribution is 7.47. The van der Waals surface area contributed by atoms with Crippen molar-refractivity contribution in [3.05, 3.63) is 0 Å². The first-order valence-corrected chi connectivity index (χ1v) is 46.3. The average Bonchev–Trinajstić information content (AvgIpc) is 0.915. The van der Waals surface area contributed by atoms with Crippen LogP contribution in [-0.4, -0.2) is 96.7 Å². The molecule has 5 atom stereocenters. The summed E-state index contributed by atoms with van der Waals surface area (Å²) < 4.78 is 68.8. The van der Waals surface area contributed by atoms with Crippen LogP contribution in [0.5, 0.6) is 0 Å². The van der Waals surface area contributed by atoms with E-state index in [-0.39, 0.29) is 25.7 Å². The Hall–Kier alpha value is -1.94. The van der Waals surface area contributed by atoms with Crippen molar-refractivity contribution in [2.75, 3.05) is 39.6 Å². The molecule has 0 radical (unpaired) electrons. The molecule has 103 heavy (non-hydrogen) atoms. The van der Waals surface area contributed by atoms with Crippen LogP contribution in [0, 0.1) is 17.8 Å². The van der Waals surface area contributed by atoms with Gasteiger partial charge >= 0.3 is 39.5 Å². The highest BCUT2D eigenvalue weighted by atomic mass is 31.2. The fourth-order valence-electron chi connectivity index (χ4n) is 13.0. The van der Waals surface area contributed by atoms with Gasteiger partial charge in [0.1, 0.15) is 19.3 Å². The van der Waals surface area contributed by atoms with Crippen molar-refractivity contribution in [3.8, 4) is 0 Å². The Balaban J connectivity index is 5.23. The van der Waals surface area contributed by atoms with Gasteiger partial charge in [0.05, 0.1) is 26.4 Å². The number of ether oxygens (including phenoxy) is 4. The first-order valence-electron chi connectivity index (χ1n) is 43.3. The van der Waals surface area contributed by atoms with Gasteiger partial charge in [-0.15, -0.1) is 0 Å². The lowest BCUT2D eigenvalue weighted by Gasteiger charge is -2.21. The monoisotopic (exact) mass is 1510 g/mol. The molecule has 0 aromatic heterocycles. The number of rotatable bonds is 82. The van der Waals surface area contributed by atoms with Crippen LogP contribution in [0.4, 0.5) is 0 Å². The maximum absolute atomic E-state index is 13.1. The molecule has 0 saturated carbocycles. The van der Waals surface area contributed by atoms with E-state index in [2.05, 4.69) is 48.5 Å². The van der Waals surface area contributed by atoms with Gasteiger partial charge in [-0.25, -0.2) is 9.13 Å². The molecule has 19 heteroatoms. The van der Waals surface area contributed by atoms with Crippen LogP contribution in [0.2, 0.25) is 0 Å². The molecule has 0 fully saturated rings. The smallest absolute Gasteiger partial charge is 0.462 e. The van der Waals surface area contributed by atoms with Crippen LogP contribution in [0.1, 0.15) is 440 Å². The topological polar surface area (TPSA) is 237 Å². The number of phosphoric acid groups is 2. The second-order valence-corrected chi connectivity index (χ2v) is 34.6. The fourth-order valence-corrected chi connectivity index (χ4v) is 14.6. The van der Waals surface area contributed by atoms with E-state index in [1.165, 1.54) is 244 Å². The van der Waals surface area contributed by atoms with E-state index in [1.54, 1.807) is 0 Å². The summed E-state index contributed by atoms with van der Waals surface area (Å²) in [5, 5.41) is 10.7. The molecule has 0 aromatic rings. The Labute approximate surface area is 632 Å². The van der Waals surface area contributed by atoms with E-state index in [0.717, 1.165) is 108 Å². The van der Waals surface area contributed by atoms with Gasteiger partial charge in [0, 0.05) is 25.7 Å². The maximum Gasteiger partial charge on any atom is 0.472 e. The summed E-state index contributed by atoms with van der Waals surface area (Å²) in [4.78, 5) is 73.1. The SMILES string of the molecule is CCCCCCCCCCCCCCCCCCCCCCC(=O)O[C@H](COC(=O)CCCCCCCCCCCCCCCCCC(C)C)COP(=O)(O)OC[C@@H](O)COP(=O)(O)OC[C@@H](COC(=O)CCCCCCCCCC(C)C)OC(=O)CCCCCCCCCCCCCCC(C)C. The number of unbranched alkanes of at least 4 members (excludes halogenated alkanes) is 50. The molecule has 612 valence electrons. The Kier molecular flexibility index (Phi) is 72.8. The molecule has 0 amide bonds. The standard InChI is InChI=1S/C84H164O17P2/c1-8-9-10-11-12-13-14-15-16-17-18-19-20-23-27-33-38-45-53-60-67-83(88)100-79(71-94-81(86)65-58-51-44-37-32-26-24-21-22-25-30-35-41-48-55-62-75(2)3)73-98-102(90,91)96-69-78(85)70-97-103(92,93)99-74-80(72-95-82(87)66-59-52-47-40-43-50-57-64-77(6)7)101-84(89)68-61-54-46-39-34-29-28-31-36-42-49-56-63-76(4)5/h75-80,85H,8-74H2,1-7H3,(H,90,91)(H,92,93)/t78-,79-,80-/m1/s1. The maximum atomic E-state index is 13.1. The number of hydrogen-bond acceptors (Lipinski definition) is 15. The number of aliphatic hydroxyl groups excluding tert-OH is 1. The zero-order valence-electron chi connectivity index (χ0n) is 67.8. The predicted molar refractivity (Wildman–Crippen MR) is 423 cm³/mol. The first kappa shape index (κ1) is 101. The van der Waals surface area contributed by atoms with Crippen molar-refractivity contribution < 1.29 is 80.2 Å². The highest BCUT2D eigenvalue weighted by Crippen LogP contribution is 2.45. The zero-order valence-corrected chi connectivity index (χ0v) is 69.6. The summed E-state index contributed by atoms with van der Waals surface area (Å²) in [5.41, 5.74) is 0. The van der Waals surface area contributed by atoms with Crippen molar-refractivity contribution in [1.29, 1.82) is 0 Å². The molecule has 17 nitrogen and oxygen atoms in total. The van der Waals surface area contributed by atoms with Gasteiger partial charge in [0.2, 0.25) is 0 Å². The third-order valence-corrected chi connectivity index (χ3v) is 21.5. The van der Waals surface area contributed by atoms with Crippen LogP contribution in [0.25, 0.3) is 0 Å². The summed E-state index contributed by atoms with van der Waals surface area (Å²) in [6.07, 6.45) is 64.0. The Morgan fingerprint density at radius 2 is 0.447 bits per heavy atom. The largest absolute Gasteiger partial charge is 0.472 e. The lowest BCUT2D eigenvalue weighted by molar-refractivity contribution is -0.161. The van der Waals surface area contributed by atoms with E-state index in [4.69, 9.17) is 37.0 Å². The molecule has 0 heterocycles. The Morgan fingerprint density at radius 3 is 0.660 bits per heavy atom. The van der Waals surface area contributed by atoms with Gasteiger partial charge in [0.15, 0.2) is 12.2 Å². The molecule has 0 rings (SSSR count). The molecule has 0 bridgehead atoms. The molecule has 2 unspecified atom stereocenters. The summed E-state index contributed by atoms with van der Waals surface area (Å²) in [5.74, 6) is 0.180. The second kappa shape index (κ2) is 74.2. The van der Waals surface area contributed by atoms with E-state index >= 15 is 0 Å². The number of hydrogen-bond donors (Lipinski definition) is 3. The third kappa shape index (κ3) is 78.0. The van der Waals surface area contributed by atoms with Crippen LogP contribution < -0.4 is 0 Å². The molecular formula is C84H164O17P2. The normalized spacial score (nSPS) is 13.9. The fraction of sp³-hybridized carbons (Fsp3) is 0.952. The molecule has 0 aliphatic heterocycles. The van der Waals surface area contributed by atoms with Gasteiger partial charge in [-0.2, -0.15) is 0 Å². The van der Waals surface area contributed by atoms with Gasteiger partial charge in [-0.1, -0.05) is 389 Å². The number of phosphoric ester groups is 2. The molecular weight excluding hydrogens is 1340 g/mol. The van der Waals surface area contributed by atoms with Crippen LogP contribution in [0.3, 0.4) is 0 Å². The molecule has 0 aliphatic carbocycles. The molecule has 0 spiro atoms. The Morgan fingerprint density at radius 1 is 0.262 bits per heavy atom. The van der Waals surface area contributed by atoms with Crippen molar-refractivity contribution in [2.24, 2.45) is 17.8 Å². The first-order chi connectivity index (χ1) is 49.7. The summed E-state index contributed by atoms with van der Waals surface area (Å²) in [6.45, 7) is 11.9. The minimum absolute atomic E-state index is 0.106. The van der Waals surface area contributed by atoms with Crippen molar-refractivity contribution >= 4 is 39.5 Å². The minimum atomic E-state index is -4.96. The summed E-state index contributed by atoms with van der Waals surface area (Å²) in [7, 11) is -9.93. The third-order valence-electron chi connectivity index (χ3n) is 19.6. The van der Waals surface area contributed by atoms with Gasteiger partial charge in [-0.05, 0) is 43.4 Å². The van der Waals surface area contributed by atoms with Gasteiger partial charge in [-0.3, -0.25) is 37.3 Å². The number of aliphatic hydroxyl groups is 1. The van der Waals surface area contributed by atoms with E-state index in [1.807, 2.05) is 0 Å². The lowest BCUT2D eigenvalue weighted by atomic mass is 10.0. The quantitative estimate of drug-likeness (QED) is 0.0222. The molecule has 0 aliphatic rings. The predicted octanol–water partition coefficient (Wildman–Crippen LogP) is 25.3. The van der Waals surface area contributed by atoms with Crippen molar-refractivity contribution in [1.82, 2.24) is 0 Å². The molecule has 3 N–H and O–H groups in total. The highest BCUT2D eigenvalue weighted by Gasteiger charge is 2.30. The van der Waals surface area contributed by atoms with Crippen LogP contribution in [0.15, 0.2) is 0 Å². The average molecular weight is 1510 g/mol. The molecule has 0 saturated heterocycles. The van der Waals surface area contributed by atoms with E-state index in [0.29, 0.717) is 31.6 Å². The lowest BCUT2D eigenvalue weighted by Crippen LogP contribution is -2.30. The number of carbonyl (C=O) groups is 4. The number of carbonyl (C=O) groups excluding carboxylic acids is 4. The molecule has 0 aromatic carbocycles. The zero-order chi connectivity index (χ0) is 75.8. The van der Waals surface area contributed by atoms with Crippen LogP contribution >= 0.6 is 15.6 Å². The summed E-state index contributed by atoms with van der Waals surface area (Å²) in [6, 6.07) is 0. The van der Waals surface area contributed by atoms with E-state index in [9.17, 15) is 43.2 Å². The van der Waals surface area contributed by atoms with Crippen molar-refractivity contribution in [2.45, 2.75) is 458 Å². The van der Waals surface area contributed by atoms with Crippen molar-refractivity contribution in [3.63, 3.8) is 0 Å². The van der Waals surface area contributed by atoms with Crippen LogP contribution in [-0.2, 0) is 65.4 Å². The Bertz CT molecular complexity index is 1990. The number of esters is 4. The van der Waals surface area contributed by atoms with Gasteiger partial charge < -0.3 is 33.8 Å². The second-order valence-electron chi connectivity index (χ2n) is 31.6. The van der Waals surface area contributed by atoms with Gasteiger partial charge in [0.25, 0.3) is 0 Å². The minimum Gasteiger partial charge on any atom is -0.462 e. The summed E-state index contributed by atoms with van der Waals surface area (Å²) >= 11 is 0.